The molecule has 0 aromatic heterocycles. The second-order valence-corrected chi connectivity index (χ2v) is 3.78. The minimum atomic E-state index is 0. The van der Waals surface area contributed by atoms with Crippen molar-refractivity contribution in [3.05, 3.63) is 29.8 Å². The van der Waals surface area contributed by atoms with E-state index in [0.717, 1.165) is 12.3 Å². The molecule has 1 aliphatic rings. The van der Waals surface area contributed by atoms with Crippen LogP contribution in [0.1, 0.15) is 30.9 Å². The standard InChI is InChI=1S/C12H17NO.ClH/c1-14-11-6-4-5-10(9-11)12-7-2-3-8-13-12;/h4-6,9,12-13H,2-3,7-8H2,1H3;1H. The van der Waals surface area contributed by atoms with Crippen molar-refractivity contribution in [2.75, 3.05) is 13.7 Å². The molecule has 0 spiro atoms. The number of piperidine rings is 1. The van der Waals surface area contributed by atoms with Crippen molar-refractivity contribution in [1.82, 2.24) is 5.32 Å². The molecule has 0 bridgehead atoms. The molecule has 1 aromatic rings. The second kappa shape index (κ2) is 5.99. The molecule has 1 fully saturated rings. The van der Waals surface area contributed by atoms with Crippen LogP contribution in [0.2, 0.25) is 0 Å². The topological polar surface area (TPSA) is 21.3 Å². The highest BCUT2D eigenvalue weighted by Crippen LogP contribution is 2.25. The predicted molar refractivity (Wildman–Crippen MR) is 64.8 cm³/mol. The van der Waals surface area contributed by atoms with Crippen LogP contribution in [0.5, 0.6) is 5.75 Å². The zero-order chi connectivity index (χ0) is 9.80. The Balaban J connectivity index is 0.00000112. The number of hydrogen-bond donors (Lipinski definition) is 1. The van der Waals surface area contributed by atoms with E-state index < -0.39 is 0 Å². The quantitative estimate of drug-likeness (QED) is 0.839. The lowest BCUT2D eigenvalue weighted by Gasteiger charge is -2.24. The lowest BCUT2D eigenvalue weighted by atomic mass is 9.97. The average Bonchev–Trinajstić information content (AvgIpc) is 2.30. The van der Waals surface area contributed by atoms with Crippen LogP contribution >= 0.6 is 12.4 Å². The zero-order valence-corrected chi connectivity index (χ0v) is 9.85. The van der Waals surface area contributed by atoms with Gasteiger partial charge in [0.15, 0.2) is 0 Å². The van der Waals surface area contributed by atoms with Gasteiger partial charge in [0.2, 0.25) is 0 Å². The molecular formula is C12H18ClNO. The number of hydrogen-bond acceptors (Lipinski definition) is 2. The van der Waals surface area contributed by atoms with E-state index in [1.165, 1.54) is 24.8 Å². The van der Waals surface area contributed by atoms with Crippen molar-refractivity contribution in [3.63, 3.8) is 0 Å². The molecule has 1 saturated heterocycles. The van der Waals surface area contributed by atoms with Crippen molar-refractivity contribution in [2.45, 2.75) is 25.3 Å². The summed E-state index contributed by atoms with van der Waals surface area (Å²) in [6, 6.07) is 8.88. The minimum Gasteiger partial charge on any atom is -0.497 e. The SMILES string of the molecule is COc1cccc(C2CCCCN2)c1.Cl. The first-order chi connectivity index (χ1) is 6.90. The van der Waals surface area contributed by atoms with Crippen molar-refractivity contribution in [1.29, 1.82) is 0 Å². The van der Waals surface area contributed by atoms with Crippen LogP contribution < -0.4 is 10.1 Å². The monoisotopic (exact) mass is 227 g/mol. The third kappa shape index (κ3) is 3.11. The minimum absolute atomic E-state index is 0. The lowest BCUT2D eigenvalue weighted by Crippen LogP contribution is -2.26. The van der Waals surface area contributed by atoms with E-state index in [4.69, 9.17) is 4.74 Å². The molecule has 0 aliphatic carbocycles. The third-order valence-corrected chi connectivity index (χ3v) is 2.81. The van der Waals surface area contributed by atoms with Crippen LogP contribution in [0.3, 0.4) is 0 Å². The third-order valence-electron chi connectivity index (χ3n) is 2.81. The first kappa shape index (κ1) is 12.3. The van der Waals surface area contributed by atoms with Crippen LogP contribution in [0, 0.1) is 0 Å². The van der Waals surface area contributed by atoms with Crippen molar-refractivity contribution >= 4 is 12.4 Å². The molecule has 1 aromatic carbocycles. The van der Waals surface area contributed by atoms with Gasteiger partial charge in [-0.3, -0.25) is 0 Å². The second-order valence-electron chi connectivity index (χ2n) is 3.78. The number of nitrogens with one attached hydrogen (secondary N) is 1. The Morgan fingerprint density at radius 2 is 2.20 bits per heavy atom. The van der Waals surface area contributed by atoms with Gasteiger partial charge in [0.1, 0.15) is 5.75 Å². The summed E-state index contributed by atoms with van der Waals surface area (Å²) in [6.45, 7) is 1.14. The van der Waals surface area contributed by atoms with Crippen molar-refractivity contribution in [2.24, 2.45) is 0 Å². The molecule has 3 heteroatoms. The molecule has 2 nitrogen and oxygen atoms in total. The van der Waals surface area contributed by atoms with Gasteiger partial charge in [-0.15, -0.1) is 12.4 Å². The Bertz CT molecular complexity index is 297. The molecule has 0 radical (unpaired) electrons. The van der Waals surface area contributed by atoms with E-state index in [9.17, 15) is 0 Å². The molecule has 84 valence electrons. The summed E-state index contributed by atoms with van der Waals surface area (Å²) in [4.78, 5) is 0. The van der Waals surface area contributed by atoms with Crippen molar-refractivity contribution < 1.29 is 4.74 Å². The molecule has 1 aliphatic heterocycles. The number of methoxy groups -OCH3 is 1. The maximum absolute atomic E-state index is 5.22. The molecule has 1 unspecified atom stereocenters. The molecular weight excluding hydrogens is 210 g/mol. The average molecular weight is 228 g/mol. The van der Waals surface area contributed by atoms with Gasteiger partial charge in [0.05, 0.1) is 7.11 Å². The zero-order valence-electron chi connectivity index (χ0n) is 9.03. The van der Waals surface area contributed by atoms with Crippen molar-refractivity contribution in [3.8, 4) is 5.75 Å². The molecule has 1 N–H and O–H groups in total. The summed E-state index contributed by atoms with van der Waals surface area (Å²) in [5, 5.41) is 3.53. The Kier molecular flexibility index (Phi) is 4.92. The Morgan fingerprint density at radius 3 is 2.87 bits per heavy atom. The summed E-state index contributed by atoms with van der Waals surface area (Å²) >= 11 is 0. The van der Waals surface area contributed by atoms with E-state index in [0.29, 0.717) is 6.04 Å². The number of rotatable bonds is 2. The first-order valence-electron chi connectivity index (χ1n) is 5.27. The fraction of sp³-hybridized carbons (Fsp3) is 0.500. The van der Waals surface area contributed by atoms with Crippen LogP contribution in [0.15, 0.2) is 24.3 Å². The predicted octanol–water partition coefficient (Wildman–Crippen LogP) is 2.93. The number of halogens is 1. The summed E-state index contributed by atoms with van der Waals surface area (Å²) in [5.74, 6) is 0.954. The molecule has 0 amide bonds. The highest BCUT2D eigenvalue weighted by molar-refractivity contribution is 5.85. The summed E-state index contributed by atoms with van der Waals surface area (Å²) in [6.07, 6.45) is 3.88. The Labute approximate surface area is 97.4 Å². The summed E-state index contributed by atoms with van der Waals surface area (Å²) in [7, 11) is 1.72. The van der Waals surface area contributed by atoms with E-state index in [1.54, 1.807) is 7.11 Å². The van der Waals surface area contributed by atoms with Gasteiger partial charge in [0.25, 0.3) is 0 Å². The van der Waals surface area contributed by atoms with Gasteiger partial charge in [-0.1, -0.05) is 18.6 Å². The highest BCUT2D eigenvalue weighted by atomic mass is 35.5. The molecule has 1 heterocycles. The fourth-order valence-electron chi connectivity index (χ4n) is 1.99. The molecule has 15 heavy (non-hydrogen) atoms. The van der Waals surface area contributed by atoms with Crippen LogP contribution in [-0.2, 0) is 0 Å². The van der Waals surface area contributed by atoms with E-state index in [1.807, 2.05) is 6.07 Å². The van der Waals surface area contributed by atoms with E-state index in [-0.39, 0.29) is 12.4 Å². The molecule has 0 saturated carbocycles. The van der Waals surface area contributed by atoms with Crippen LogP contribution in [-0.4, -0.2) is 13.7 Å². The van der Waals surface area contributed by atoms with Gasteiger partial charge in [0, 0.05) is 6.04 Å². The van der Waals surface area contributed by atoms with Gasteiger partial charge in [-0.2, -0.15) is 0 Å². The van der Waals surface area contributed by atoms with Gasteiger partial charge in [-0.25, -0.2) is 0 Å². The largest absolute Gasteiger partial charge is 0.497 e. The van der Waals surface area contributed by atoms with Gasteiger partial charge < -0.3 is 10.1 Å². The number of benzene rings is 1. The normalized spacial score (nSPS) is 20.5. The van der Waals surface area contributed by atoms with Gasteiger partial charge >= 0.3 is 0 Å². The van der Waals surface area contributed by atoms with E-state index in [2.05, 4.69) is 23.5 Å². The first-order valence-corrected chi connectivity index (χ1v) is 5.27. The Hall–Kier alpha value is -0.730. The smallest absolute Gasteiger partial charge is 0.119 e. The van der Waals surface area contributed by atoms with E-state index >= 15 is 0 Å². The van der Waals surface area contributed by atoms with Crippen LogP contribution in [0.25, 0.3) is 0 Å². The summed E-state index contributed by atoms with van der Waals surface area (Å²) in [5.41, 5.74) is 1.35. The lowest BCUT2D eigenvalue weighted by molar-refractivity contribution is 0.400. The van der Waals surface area contributed by atoms with Crippen LogP contribution in [0.4, 0.5) is 0 Å². The maximum atomic E-state index is 5.22. The molecule has 2 rings (SSSR count). The highest BCUT2D eigenvalue weighted by Gasteiger charge is 2.14. The van der Waals surface area contributed by atoms with Gasteiger partial charge in [-0.05, 0) is 37.1 Å². The summed E-state index contributed by atoms with van der Waals surface area (Å²) < 4.78 is 5.22. The maximum Gasteiger partial charge on any atom is 0.119 e. The Morgan fingerprint density at radius 1 is 1.33 bits per heavy atom. The molecule has 1 atom stereocenters. The fourth-order valence-corrected chi connectivity index (χ4v) is 1.99. The number of ether oxygens (including phenoxy) is 1.